The van der Waals surface area contributed by atoms with Gasteiger partial charge in [-0.1, -0.05) is 12.1 Å². The summed E-state index contributed by atoms with van der Waals surface area (Å²) in [5.41, 5.74) is 0.422. The topological polar surface area (TPSA) is 79.9 Å². The maximum atomic E-state index is 11.6. The zero-order valence-electron chi connectivity index (χ0n) is 11.5. The summed E-state index contributed by atoms with van der Waals surface area (Å²) in [7, 11) is 0. The molecule has 6 nitrogen and oxygen atoms in total. The lowest BCUT2D eigenvalue weighted by atomic mass is 10.2. The fraction of sp³-hybridized carbons (Fsp3) is 0.267. The van der Waals surface area contributed by atoms with Crippen LogP contribution in [0.4, 0.5) is 0 Å². The Morgan fingerprint density at radius 1 is 1.43 bits per heavy atom. The predicted molar refractivity (Wildman–Crippen MR) is 76.5 cm³/mol. The molecule has 0 saturated heterocycles. The molecule has 1 aromatic heterocycles. The third-order valence-electron chi connectivity index (χ3n) is 2.84. The van der Waals surface area contributed by atoms with E-state index in [4.69, 9.17) is 10.00 Å². The van der Waals surface area contributed by atoms with Crippen LogP contribution in [-0.4, -0.2) is 28.6 Å². The van der Waals surface area contributed by atoms with Gasteiger partial charge in [0.25, 0.3) is 5.91 Å². The Morgan fingerprint density at radius 3 is 3.05 bits per heavy atom. The first kappa shape index (κ1) is 14.6. The normalized spacial score (nSPS) is 9.86. The van der Waals surface area contributed by atoms with E-state index in [9.17, 15) is 4.79 Å². The molecule has 0 fully saturated rings. The maximum Gasteiger partial charge on any atom is 0.257 e. The molecule has 0 aliphatic carbocycles. The van der Waals surface area contributed by atoms with Gasteiger partial charge in [-0.25, -0.2) is 4.98 Å². The molecule has 0 bridgehead atoms. The smallest absolute Gasteiger partial charge is 0.257 e. The number of carbonyl (C=O) groups is 1. The highest BCUT2D eigenvalue weighted by molar-refractivity contribution is 5.77. The lowest BCUT2D eigenvalue weighted by Gasteiger charge is -2.08. The van der Waals surface area contributed by atoms with Crippen LogP contribution in [0.25, 0.3) is 0 Å². The second kappa shape index (κ2) is 7.70. The lowest BCUT2D eigenvalue weighted by molar-refractivity contribution is -0.123. The van der Waals surface area contributed by atoms with Crippen LogP contribution in [0.5, 0.6) is 5.75 Å². The van der Waals surface area contributed by atoms with Gasteiger partial charge >= 0.3 is 0 Å². The average molecular weight is 284 g/mol. The highest BCUT2D eigenvalue weighted by Gasteiger charge is 2.05. The monoisotopic (exact) mass is 284 g/mol. The van der Waals surface area contributed by atoms with Crippen molar-refractivity contribution in [2.45, 2.75) is 13.0 Å². The molecule has 1 heterocycles. The molecule has 21 heavy (non-hydrogen) atoms. The van der Waals surface area contributed by atoms with Gasteiger partial charge in [-0.05, 0) is 18.6 Å². The van der Waals surface area contributed by atoms with Crippen LogP contribution < -0.4 is 10.1 Å². The summed E-state index contributed by atoms with van der Waals surface area (Å²) >= 11 is 0. The van der Waals surface area contributed by atoms with Crippen LogP contribution >= 0.6 is 0 Å². The van der Waals surface area contributed by atoms with Crippen LogP contribution in [0.15, 0.2) is 43.0 Å². The van der Waals surface area contributed by atoms with Gasteiger partial charge in [0, 0.05) is 25.5 Å². The summed E-state index contributed by atoms with van der Waals surface area (Å²) in [6, 6.07) is 8.86. The second-order valence-corrected chi connectivity index (χ2v) is 4.40. The number of imidazole rings is 1. The first-order chi connectivity index (χ1) is 10.3. The molecular formula is C15H16N4O2. The van der Waals surface area contributed by atoms with E-state index in [0.717, 1.165) is 13.0 Å². The van der Waals surface area contributed by atoms with E-state index in [2.05, 4.69) is 10.3 Å². The number of hydrogen-bond acceptors (Lipinski definition) is 4. The molecule has 0 aliphatic rings. The molecule has 0 saturated carbocycles. The molecule has 1 N–H and O–H groups in total. The predicted octanol–water partition coefficient (Wildman–Crippen LogP) is 1.34. The minimum atomic E-state index is -0.201. The van der Waals surface area contributed by atoms with Crippen molar-refractivity contribution in [1.29, 1.82) is 5.26 Å². The number of para-hydroxylation sites is 1. The van der Waals surface area contributed by atoms with Crippen molar-refractivity contribution in [2.75, 3.05) is 13.2 Å². The standard InChI is InChI=1S/C15H16N4O2/c16-10-13-4-1-2-5-14(13)21-11-15(20)18-6-3-8-19-9-7-17-12-19/h1-2,4-5,7,9,12H,3,6,8,11H2,(H,18,20). The number of ether oxygens (including phenoxy) is 1. The molecule has 0 aliphatic heterocycles. The number of rotatable bonds is 7. The Balaban J connectivity index is 1.67. The molecule has 0 atom stereocenters. The zero-order valence-corrected chi connectivity index (χ0v) is 11.5. The number of nitrogens with one attached hydrogen (secondary N) is 1. The van der Waals surface area contributed by atoms with Crippen molar-refractivity contribution in [3.05, 3.63) is 48.5 Å². The molecule has 0 spiro atoms. The first-order valence-corrected chi connectivity index (χ1v) is 6.64. The van der Waals surface area contributed by atoms with Gasteiger partial charge in [-0.2, -0.15) is 5.26 Å². The maximum absolute atomic E-state index is 11.6. The van der Waals surface area contributed by atoms with Gasteiger partial charge in [0.2, 0.25) is 0 Å². The summed E-state index contributed by atoms with van der Waals surface area (Å²) in [4.78, 5) is 15.6. The van der Waals surface area contributed by atoms with Gasteiger partial charge in [0.05, 0.1) is 11.9 Å². The fourth-order valence-corrected chi connectivity index (χ4v) is 1.79. The van der Waals surface area contributed by atoms with Crippen LogP contribution in [-0.2, 0) is 11.3 Å². The van der Waals surface area contributed by atoms with Crippen LogP contribution in [0, 0.1) is 11.3 Å². The Bertz CT molecular complexity index is 617. The molecule has 6 heteroatoms. The van der Waals surface area contributed by atoms with E-state index in [-0.39, 0.29) is 12.5 Å². The Labute approximate surface area is 123 Å². The van der Waals surface area contributed by atoms with Gasteiger partial charge in [-0.3, -0.25) is 4.79 Å². The molecule has 108 valence electrons. The van der Waals surface area contributed by atoms with Gasteiger partial charge in [-0.15, -0.1) is 0 Å². The van der Waals surface area contributed by atoms with Crippen LogP contribution in [0.2, 0.25) is 0 Å². The molecule has 0 unspecified atom stereocenters. The minimum absolute atomic E-state index is 0.0935. The average Bonchev–Trinajstić information content (AvgIpc) is 3.03. The molecule has 0 radical (unpaired) electrons. The Kier molecular flexibility index (Phi) is 5.35. The van der Waals surface area contributed by atoms with E-state index in [1.165, 1.54) is 0 Å². The van der Waals surface area contributed by atoms with E-state index >= 15 is 0 Å². The molecule has 1 aromatic carbocycles. The SMILES string of the molecule is N#Cc1ccccc1OCC(=O)NCCCn1ccnc1. The van der Waals surface area contributed by atoms with E-state index in [1.54, 1.807) is 36.8 Å². The fourth-order valence-electron chi connectivity index (χ4n) is 1.79. The first-order valence-electron chi connectivity index (χ1n) is 6.64. The number of hydrogen-bond donors (Lipinski definition) is 1. The van der Waals surface area contributed by atoms with Gasteiger partial charge < -0.3 is 14.6 Å². The summed E-state index contributed by atoms with van der Waals surface area (Å²) in [5.74, 6) is 0.224. The number of aryl methyl sites for hydroxylation is 1. The van der Waals surface area contributed by atoms with Crippen molar-refractivity contribution in [2.24, 2.45) is 0 Å². The van der Waals surface area contributed by atoms with Crippen LogP contribution in [0.3, 0.4) is 0 Å². The summed E-state index contributed by atoms with van der Waals surface area (Å²) < 4.78 is 7.29. The van der Waals surface area contributed by atoms with E-state index in [0.29, 0.717) is 17.9 Å². The van der Waals surface area contributed by atoms with Gasteiger partial charge in [0.15, 0.2) is 6.61 Å². The summed E-state index contributed by atoms with van der Waals surface area (Å²) in [6.45, 7) is 1.28. The molecule has 2 aromatic rings. The number of amides is 1. The number of carbonyl (C=O) groups excluding carboxylic acids is 1. The number of nitrogens with zero attached hydrogens (tertiary/aromatic N) is 3. The van der Waals surface area contributed by atoms with E-state index < -0.39 is 0 Å². The number of benzene rings is 1. The second-order valence-electron chi connectivity index (χ2n) is 4.40. The lowest BCUT2D eigenvalue weighted by Crippen LogP contribution is -2.30. The Hall–Kier alpha value is -2.81. The zero-order chi connectivity index (χ0) is 14.9. The number of aromatic nitrogens is 2. The quantitative estimate of drug-likeness (QED) is 0.778. The molecule has 2 rings (SSSR count). The molecular weight excluding hydrogens is 268 g/mol. The summed E-state index contributed by atoms with van der Waals surface area (Å²) in [5, 5.41) is 11.7. The van der Waals surface area contributed by atoms with Crippen LogP contribution in [0.1, 0.15) is 12.0 Å². The Morgan fingerprint density at radius 2 is 2.29 bits per heavy atom. The third-order valence-corrected chi connectivity index (χ3v) is 2.84. The van der Waals surface area contributed by atoms with E-state index in [1.807, 2.05) is 16.8 Å². The minimum Gasteiger partial charge on any atom is -0.482 e. The number of nitriles is 1. The highest BCUT2D eigenvalue weighted by atomic mass is 16.5. The van der Waals surface area contributed by atoms with Crippen molar-refractivity contribution >= 4 is 5.91 Å². The summed E-state index contributed by atoms with van der Waals surface area (Å²) in [6.07, 6.45) is 6.16. The van der Waals surface area contributed by atoms with Crippen molar-refractivity contribution in [3.8, 4) is 11.8 Å². The third kappa shape index (κ3) is 4.66. The largest absolute Gasteiger partial charge is 0.482 e. The van der Waals surface area contributed by atoms with Crippen molar-refractivity contribution in [3.63, 3.8) is 0 Å². The highest BCUT2D eigenvalue weighted by Crippen LogP contribution is 2.15. The van der Waals surface area contributed by atoms with Crippen molar-refractivity contribution < 1.29 is 9.53 Å². The van der Waals surface area contributed by atoms with Crippen molar-refractivity contribution in [1.82, 2.24) is 14.9 Å². The van der Waals surface area contributed by atoms with Gasteiger partial charge in [0.1, 0.15) is 11.8 Å². The molecule has 1 amide bonds.